The van der Waals surface area contributed by atoms with Crippen LogP contribution in [0.4, 0.5) is 0 Å². The molecule has 0 heterocycles. The zero-order valence-corrected chi connectivity index (χ0v) is 8.98. The predicted molar refractivity (Wildman–Crippen MR) is 62.8 cm³/mol. The Morgan fingerprint density at radius 2 is 1.07 bits per heavy atom. The van der Waals surface area contributed by atoms with Crippen LogP contribution in [0.15, 0.2) is 51.1 Å². The molecule has 0 aliphatic carbocycles. The first-order chi connectivity index (χ1) is 7.04. The molecule has 0 aromatic carbocycles. The molecule has 0 aliphatic rings. The largest absolute Gasteiger partial charge is 0.478 e. The van der Waals surface area contributed by atoms with Crippen LogP contribution in [0.5, 0.6) is 0 Å². The quantitative estimate of drug-likeness (QED) is 0.547. The summed E-state index contributed by atoms with van der Waals surface area (Å²) in [4.78, 5) is 19.1. The number of hydrogen-bond acceptors (Lipinski definition) is 2. The molecule has 86 valence electrons. The SMILES string of the molecule is C=C.C=C.C=CC.O=C(O)/C=C\C(=O)O. The molecule has 0 spiro atoms. The van der Waals surface area contributed by atoms with E-state index < -0.39 is 11.9 Å². The first kappa shape index (κ1) is 23.1. The molecule has 0 unspecified atom stereocenters. The van der Waals surface area contributed by atoms with Crippen LogP contribution in [0.3, 0.4) is 0 Å². The van der Waals surface area contributed by atoms with E-state index in [-0.39, 0.29) is 0 Å². The number of aliphatic carboxylic acids is 2. The van der Waals surface area contributed by atoms with Gasteiger partial charge in [-0.1, -0.05) is 6.08 Å². The highest BCUT2D eigenvalue weighted by atomic mass is 16.4. The third-order valence-corrected chi connectivity index (χ3v) is 0.368. The summed E-state index contributed by atoms with van der Waals surface area (Å²) in [5, 5.41) is 15.6. The summed E-state index contributed by atoms with van der Waals surface area (Å²) >= 11 is 0. The van der Waals surface area contributed by atoms with E-state index in [2.05, 4.69) is 32.9 Å². The zero-order chi connectivity index (χ0) is 13.3. The highest BCUT2D eigenvalue weighted by molar-refractivity contribution is 5.89. The smallest absolute Gasteiger partial charge is 0.328 e. The van der Waals surface area contributed by atoms with Crippen molar-refractivity contribution in [3.8, 4) is 0 Å². The number of rotatable bonds is 2. The van der Waals surface area contributed by atoms with Gasteiger partial charge in [-0.3, -0.25) is 0 Å². The monoisotopic (exact) mass is 214 g/mol. The van der Waals surface area contributed by atoms with Crippen LogP contribution < -0.4 is 0 Å². The molecule has 4 heteroatoms. The third-order valence-electron chi connectivity index (χ3n) is 0.368. The van der Waals surface area contributed by atoms with Crippen LogP contribution in [0.25, 0.3) is 0 Å². The van der Waals surface area contributed by atoms with Gasteiger partial charge in [-0.2, -0.15) is 0 Å². The molecular weight excluding hydrogens is 196 g/mol. The van der Waals surface area contributed by atoms with Gasteiger partial charge in [0, 0.05) is 12.2 Å². The standard InChI is InChI=1S/C4H4O4.C3H6.2C2H4/c5-3(6)1-2-4(7)8;1-3-2;2*1-2/h1-2H,(H,5,6)(H,7,8);3H,1H2,2H3;2*1-2H2/b2-1-;;;. The van der Waals surface area contributed by atoms with Crippen molar-refractivity contribution < 1.29 is 19.8 Å². The molecule has 0 rings (SSSR count). The van der Waals surface area contributed by atoms with Gasteiger partial charge in [0.15, 0.2) is 0 Å². The Hall–Kier alpha value is -2.10. The van der Waals surface area contributed by atoms with Crippen molar-refractivity contribution in [3.05, 3.63) is 51.1 Å². The Morgan fingerprint density at radius 1 is 0.933 bits per heavy atom. The van der Waals surface area contributed by atoms with Crippen molar-refractivity contribution >= 4 is 11.9 Å². The second-order valence-corrected chi connectivity index (χ2v) is 1.42. The fraction of sp³-hybridized carbons (Fsp3) is 0.0909. The van der Waals surface area contributed by atoms with Gasteiger partial charge < -0.3 is 10.2 Å². The summed E-state index contributed by atoms with van der Waals surface area (Å²) in [5.74, 6) is -2.51. The number of carboxylic acids is 2. The second kappa shape index (κ2) is 29.7. The minimum atomic E-state index is -1.26. The number of allylic oxidation sites excluding steroid dienone is 1. The zero-order valence-electron chi connectivity index (χ0n) is 8.98. The van der Waals surface area contributed by atoms with Crippen molar-refractivity contribution in [1.29, 1.82) is 0 Å². The normalized spacial score (nSPS) is 6.47. The van der Waals surface area contributed by atoms with Crippen LogP contribution in [-0.4, -0.2) is 22.2 Å². The fourth-order valence-corrected chi connectivity index (χ4v) is 0.143. The van der Waals surface area contributed by atoms with Gasteiger partial charge >= 0.3 is 11.9 Å². The molecule has 0 saturated heterocycles. The van der Waals surface area contributed by atoms with Crippen molar-refractivity contribution in [3.63, 3.8) is 0 Å². The minimum absolute atomic E-state index is 0.558. The van der Waals surface area contributed by atoms with Gasteiger partial charge in [-0.05, 0) is 6.92 Å². The lowest BCUT2D eigenvalue weighted by Crippen LogP contribution is -1.91. The van der Waals surface area contributed by atoms with E-state index in [1.807, 2.05) is 6.92 Å². The summed E-state index contributed by atoms with van der Waals surface area (Å²) in [6, 6.07) is 0. The Kier molecular flexibility index (Phi) is 45.7. The maximum atomic E-state index is 9.55. The van der Waals surface area contributed by atoms with Gasteiger partial charge in [0.25, 0.3) is 0 Å². The summed E-state index contributed by atoms with van der Waals surface area (Å²) < 4.78 is 0. The lowest BCUT2D eigenvalue weighted by Gasteiger charge is -1.74. The molecular formula is C11H18O4. The number of hydrogen-bond donors (Lipinski definition) is 2. The molecule has 0 amide bonds. The Balaban J connectivity index is -0.0000000726. The molecule has 0 aromatic heterocycles. The molecule has 15 heavy (non-hydrogen) atoms. The van der Waals surface area contributed by atoms with E-state index in [1.165, 1.54) is 0 Å². The summed E-state index contributed by atoms with van der Waals surface area (Å²) in [5.41, 5.74) is 0. The van der Waals surface area contributed by atoms with E-state index >= 15 is 0 Å². The van der Waals surface area contributed by atoms with Crippen molar-refractivity contribution in [2.75, 3.05) is 0 Å². The Labute approximate surface area is 90.6 Å². The van der Waals surface area contributed by atoms with E-state index in [0.29, 0.717) is 12.2 Å². The van der Waals surface area contributed by atoms with Crippen LogP contribution in [0.2, 0.25) is 0 Å². The molecule has 0 fully saturated rings. The molecule has 0 aromatic rings. The fourth-order valence-electron chi connectivity index (χ4n) is 0.143. The van der Waals surface area contributed by atoms with E-state index in [1.54, 1.807) is 6.08 Å². The molecule has 0 atom stereocenters. The highest BCUT2D eigenvalue weighted by Crippen LogP contribution is 1.70. The summed E-state index contributed by atoms with van der Waals surface area (Å²) in [6.45, 7) is 17.2. The van der Waals surface area contributed by atoms with Crippen LogP contribution >= 0.6 is 0 Å². The topological polar surface area (TPSA) is 74.6 Å². The first-order valence-electron chi connectivity index (χ1n) is 3.75. The van der Waals surface area contributed by atoms with Crippen molar-refractivity contribution in [1.82, 2.24) is 0 Å². The van der Waals surface area contributed by atoms with Crippen molar-refractivity contribution in [2.45, 2.75) is 6.92 Å². The first-order valence-corrected chi connectivity index (χ1v) is 3.75. The summed E-state index contributed by atoms with van der Waals surface area (Å²) in [7, 11) is 0. The van der Waals surface area contributed by atoms with Crippen LogP contribution in [-0.2, 0) is 9.59 Å². The molecule has 4 nitrogen and oxygen atoms in total. The highest BCUT2D eigenvalue weighted by Gasteiger charge is 1.88. The molecule has 0 bridgehead atoms. The van der Waals surface area contributed by atoms with E-state index in [4.69, 9.17) is 10.2 Å². The molecule has 0 saturated carbocycles. The average molecular weight is 214 g/mol. The predicted octanol–water partition coefficient (Wildman–Crippen LogP) is 2.51. The van der Waals surface area contributed by atoms with Gasteiger partial charge in [0.2, 0.25) is 0 Å². The van der Waals surface area contributed by atoms with Crippen LogP contribution in [0.1, 0.15) is 6.92 Å². The maximum absolute atomic E-state index is 9.55. The molecule has 2 N–H and O–H groups in total. The number of carboxylic acid groups (broad SMARTS) is 2. The lowest BCUT2D eigenvalue weighted by molar-refractivity contribution is -0.134. The van der Waals surface area contributed by atoms with Gasteiger partial charge in [0.05, 0.1) is 0 Å². The van der Waals surface area contributed by atoms with Gasteiger partial charge in [-0.25, -0.2) is 9.59 Å². The summed E-state index contributed by atoms with van der Waals surface area (Å²) in [6.07, 6.45) is 2.87. The molecule has 0 aliphatic heterocycles. The lowest BCUT2D eigenvalue weighted by atomic mass is 10.5. The van der Waals surface area contributed by atoms with Gasteiger partial charge in [0.1, 0.15) is 0 Å². The average Bonchev–Trinajstić information content (AvgIpc) is 2.22. The van der Waals surface area contributed by atoms with Crippen LogP contribution in [0, 0.1) is 0 Å². The minimum Gasteiger partial charge on any atom is -0.478 e. The Bertz CT molecular complexity index is 177. The second-order valence-electron chi connectivity index (χ2n) is 1.42. The van der Waals surface area contributed by atoms with E-state index in [0.717, 1.165) is 0 Å². The molecule has 0 radical (unpaired) electrons. The third kappa shape index (κ3) is 139. The van der Waals surface area contributed by atoms with Crippen molar-refractivity contribution in [2.24, 2.45) is 0 Å². The van der Waals surface area contributed by atoms with E-state index in [9.17, 15) is 9.59 Å². The Morgan fingerprint density at radius 3 is 1.13 bits per heavy atom. The maximum Gasteiger partial charge on any atom is 0.328 e. The number of carbonyl (C=O) groups is 2. The van der Waals surface area contributed by atoms with Gasteiger partial charge in [-0.15, -0.1) is 32.9 Å².